The quantitative estimate of drug-likeness (QED) is 0.804. The number of carboxylic acids is 1. The largest absolute Gasteiger partial charge is 0.497 e. The molecule has 0 spiro atoms. The van der Waals surface area contributed by atoms with Crippen LogP contribution >= 0.6 is 0 Å². The van der Waals surface area contributed by atoms with Crippen molar-refractivity contribution >= 4 is 5.97 Å². The number of carboxylic acid groups (broad SMARTS) is 1. The van der Waals surface area contributed by atoms with Crippen molar-refractivity contribution in [3.8, 4) is 5.75 Å². The zero-order chi connectivity index (χ0) is 13.2. The standard InChI is InChI=1S/C14H19NO3/c1-18-12-6-2-10(3-7-12)8-14(9-15,13(16)17)11-4-5-11/h2-3,6-7,11H,4-5,8-9,15H2,1H3,(H,16,17). The lowest BCUT2D eigenvalue weighted by molar-refractivity contribution is -0.149. The van der Waals surface area contributed by atoms with Crippen LogP contribution in [-0.4, -0.2) is 24.7 Å². The fourth-order valence-corrected chi connectivity index (χ4v) is 2.46. The Kier molecular flexibility index (Phi) is 3.57. The molecule has 18 heavy (non-hydrogen) atoms. The van der Waals surface area contributed by atoms with E-state index in [1.54, 1.807) is 7.11 Å². The Balaban J connectivity index is 2.19. The van der Waals surface area contributed by atoms with Crippen molar-refractivity contribution in [2.24, 2.45) is 17.1 Å². The van der Waals surface area contributed by atoms with Gasteiger partial charge in [0, 0.05) is 6.54 Å². The monoisotopic (exact) mass is 249 g/mol. The van der Waals surface area contributed by atoms with E-state index in [2.05, 4.69) is 0 Å². The van der Waals surface area contributed by atoms with Crippen molar-refractivity contribution in [1.29, 1.82) is 0 Å². The lowest BCUT2D eigenvalue weighted by Crippen LogP contribution is -2.42. The Morgan fingerprint density at radius 3 is 2.44 bits per heavy atom. The summed E-state index contributed by atoms with van der Waals surface area (Å²) in [7, 11) is 1.61. The van der Waals surface area contributed by atoms with Gasteiger partial charge in [-0.2, -0.15) is 0 Å². The molecule has 98 valence electrons. The van der Waals surface area contributed by atoms with E-state index in [1.165, 1.54) is 0 Å². The Hall–Kier alpha value is -1.55. The molecule has 0 aromatic heterocycles. The van der Waals surface area contributed by atoms with Crippen LogP contribution in [0, 0.1) is 11.3 Å². The van der Waals surface area contributed by atoms with Crippen molar-refractivity contribution in [1.82, 2.24) is 0 Å². The van der Waals surface area contributed by atoms with Gasteiger partial charge in [-0.3, -0.25) is 4.79 Å². The summed E-state index contributed by atoms with van der Waals surface area (Å²) < 4.78 is 5.09. The molecular formula is C14H19NO3. The number of rotatable bonds is 6. The minimum atomic E-state index is -0.797. The van der Waals surface area contributed by atoms with Crippen LogP contribution in [-0.2, 0) is 11.2 Å². The number of aliphatic carboxylic acids is 1. The number of nitrogens with two attached hydrogens (primary N) is 1. The van der Waals surface area contributed by atoms with Crippen LogP contribution in [0.4, 0.5) is 0 Å². The van der Waals surface area contributed by atoms with Crippen molar-refractivity contribution in [2.75, 3.05) is 13.7 Å². The van der Waals surface area contributed by atoms with Gasteiger partial charge in [0.25, 0.3) is 0 Å². The summed E-state index contributed by atoms with van der Waals surface area (Å²) in [5.74, 6) is 0.226. The Morgan fingerprint density at radius 2 is 2.06 bits per heavy atom. The molecule has 1 aromatic rings. The molecule has 1 aliphatic rings. The predicted molar refractivity (Wildman–Crippen MR) is 68.5 cm³/mol. The zero-order valence-corrected chi connectivity index (χ0v) is 10.6. The third kappa shape index (κ3) is 2.34. The van der Waals surface area contributed by atoms with E-state index in [1.807, 2.05) is 24.3 Å². The summed E-state index contributed by atoms with van der Waals surface area (Å²) in [4.78, 5) is 11.6. The topological polar surface area (TPSA) is 72.5 Å². The molecule has 1 aliphatic carbocycles. The summed E-state index contributed by atoms with van der Waals surface area (Å²) in [5, 5.41) is 9.49. The van der Waals surface area contributed by atoms with Gasteiger partial charge in [-0.05, 0) is 42.9 Å². The molecule has 0 saturated heterocycles. The second-order valence-electron chi connectivity index (χ2n) is 4.96. The van der Waals surface area contributed by atoms with Crippen molar-refractivity contribution < 1.29 is 14.6 Å². The van der Waals surface area contributed by atoms with E-state index in [9.17, 15) is 9.90 Å². The number of ether oxygens (including phenoxy) is 1. The normalized spacial score (nSPS) is 18.1. The number of benzene rings is 1. The summed E-state index contributed by atoms with van der Waals surface area (Å²) in [5.41, 5.74) is 5.95. The third-order valence-electron chi connectivity index (χ3n) is 3.83. The molecular weight excluding hydrogens is 230 g/mol. The number of hydrogen-bond donors (Lipinski definition) is 2. The van der Waals surface area contributed by atoms with Gasteiger partial charge in [-0.25, -0.2) is 0 Å². The van der Waals surface area contributed by atoms with Crippen LogP contribution in [0.25, 0.3) is 0 Å². The van der Waals surface area contributed by atoms with Gasteiger partial charge in [0.2, 0.25) is 0 Å². The van der Waals surface area contributed by atoms with E-state index < -0.39 is 11.4 Å². The first-order chi connectivity index (χ1) is 8.62. The predicted octanol–water partition coefficient (Wildman–Crippen LogP) is 1.68. The maximum Gasteiger partial charge on any atom is 0.311 e. The molecule has 3 N–H and O–H groups in total. The highest BCUT2D eigenvalue weighted by Gasteiger charge is 2.50. The molecule has 1 aromatic carbocycles. The Labute approximate surface area is 107 Å². The third-order valence-corrected chi connectivity index (χ3v) is 3.83. The average molecular weight is 249 g/mol. The molecule has 4 heteroatoms. The molecule has 1 unspecified atom stereocenters. The Morgan fingerprint density at radius 1 is 1.44 bits per heavy atom. The van der Waals surface area contributed by atoms with Crippen LogP contribution in [0.3, 0.4) is 0 Å². The lowest BCUT2D eigenvalue weighted by Gasteiger charge is -2.28. The second-order valence-corrected chi connectivity index (χ2v) is 4.96. The summed E-state index contributed by atoms with van der Waals surface area (Å²) in [6.07, 6.45) is 2.44. The molecule has 0 radical (unpaired) electrons. The van der Waals surface area contributed by atoms with Gasteiger partial charge in [0.15, 0.2) is 0 Å². The van der Waals surface area contributed by atoms with E-state index in [-0.39, 0.29) is 12.5 Å². The van der Waals surface area contributed by atoms with Gasteiger partial charge in [0.1, 0.15) is 5.75 Å². The van der Waals surface area contributed by atoms with E-state index >= 15 is 0 Å². The maximum atomic E-state index is 11.6. The first-order valence-corrected chi connectivity index (χ1v) is 6.19. The first-order valence-electron chi connectivity index (χ1n) is 6.19. The number of methoxy groups -OCH3 is 1. The second kappa shape index (κ2) is 4.98. The molecule has 1 saturated carbocycles. The minimum Gasteiger partial charge on any atom is -0.497 e. The van der Waals surface area contributed by atoms with E-state index in [0.717, 1.165) is 24.2 Å². The maximum absolute atomic E-state index is 11.6. The first kappa shape index (κ1) is 12.9. The van der Waals surface area contributed by atoms with E-state index in [4.69, 9.17) is 10.5 Å². The Bertz CT molecular complexity index is 425. The summed E-state index contributed by atoms with van der Waals surface area (Å²) in [6.45, 7) is 0.193. The number of carbonyl (C=O) groups is 1. The highest BCUT2D eigenvalue weighted by atomic mass is 16.5. The van der Waals surface area contributed by atoms with Crippen molar-refractivity contribution in [3.63, 3.8) is 0 Å². The van der Waals surface area contributed by atoms with Gasteiger partial charge < -0.3 is 15.6 Å². The van der Waals surface area contributed by atoms with Crippen LogP contribution in [0.15, 0.2) is 24.3 Å². The van der Waals surface area contributed by atoms with Crippen LogP contribution in [0.2, 0.25) is 0 Å². The lowest BCUT2D eigenvalue weighted by atomic mass is 9.77. The highest BCUT2D eigenvalue weighted by Crippen LogP contribution is 2.47. The van der Waals surface area contributed by atoms with E-state index in [0.29, 0.717) is 6.42 Å². The zero-order valence-electron chi connectivity index (χ0n) is 10.6. The van der Waals surface area contributed by atoms with Crippen LogP contribution in [0.5, 0.6) is 5.75 Å². The van der Waals surface area contributed by atoms with Gasteiger partial charge >= 0.3 is 5.97 Å². The van der Waals surface area contributed by atoms with Crippen LogP contribution in [0.1, 0.15) is 18.4 Å². The molecule has 0 aliphatic heterocycles. The van der Waals surface area contributed by atoms with Gasteiger partial charge in [-0.15, -0.1) is 0 Å². The molecule has 1 fully saturated rings. The molecule has 4 nitrogen and oxygen atoms in total. The number of hydrogen-bond acceptors (Lipinski definition) is 3. The van der Waals surface area contributed by atoms with Gasteiger partial charge in [0.05, 0.1) is 12.5 Å². The van der Waals surface area contributed by atoms with Gasteiger partial charge in [-0.1, -0.05) is 12.1 Å². The fourth-order valence-electron chi connectivity index (χ4n) is 2.46. The van der Waals surface area contributed by atoms with Crippen LogP contribution < -0.4 is 10.5 Å². The van der Waals surface area contributed by atoms with Crippen molar-refractivity contribution in [2.45, 2.75) is 19.3 Å². The minimum absolute atomic E-state index is 0.193. The average Bonchev–Trinajstić information content (AvgIpc) is 3.21. The fraction of sp³-hybridized carbons (Fsp3) is 0.500. The molecule has 0 heterocycles. The van der Waals surface area contributed by atoms with Crippen molar-refractivity contribution in [3.05, 3.63) is 29.8 Å². The summed E-state index contributed by atoms with van der Waals surface area (Å²) >= 11 is 0. The summed E-state index contributed by atoms with van der Waals surface area (Å²) in [6, 6.07) is 7.53. The molecule has 0 amide bonds. The molecule has 0 bridgehead atoms. The SMILES string of the molecule is COc1ccc(CC(CN)(C(=O)O)C2CC2)cc1. The molecule has 2 rings (SSSR count). The smallest absolute Gasteiger partial charge is 0.311 e. The molecule has 1 atom stereocenters. The highest BCUT2D eigenvalue weighted by molar-refractivity contribution is 5.76.